The number of aryl methyl sites for hydroxylation is 1. The predicted octanol–water partition coefficient (Wildman–Crippen LogP) is 2.99. The van der Waals surface area contributed by atoms with E-state index in [1.807, 2.05) is 24.6 Å². The van der Waals surface area contributed by atoms with Gasteiger partial charge in [0.1, 0.15) is 5.82 Å². The molecule has 1 heterocycles. The minimum atomic E-state index is -0.116. The molecule has 1 aliphatic carbocycles. The fraction of sp³-hybridized carbons (Fsp3) is 0.412. The number of hydrogen-bond acceptors (Lipinski definition) is 3. The molecule has 0 unspecified atom stereocenters. The van der Waals surface area contributed by atoms with E-state index < -0.39 is 0 Å². The molecule has 2 N–H and O–H groups in total. The molecule has 3 rings (SSSR count). The van der Waals surface area contributed by atoms with E-state index in [-0.39, 0.29) is 11.2 Å². The average molecular weight is 332 g/mol. The Morgan fingerprint density at radius 3 is 2.74 bits per heavy atom. The smallest absolute Gasteiger partial charge is 0.191 e. The van der Waals surface area contributed by atoms with Gasteiger partial charge in [0, 0.05) is 23.9 Å². The minimum Gasteiger partial charge on any atom is -0.356 e. The number of guanidine groups is 1. The first kappa shape index (κ1) is 15.9. The third-order valence-electron chi connectivity index (χ3n) is 4.38. The van der Waals surface area contributed by atoms with Gasteiger partial charge >= 0.3 is 0 Å². The Morgan fingerprint density at radius 2 is 2.13 bits per heavy atom. The average Bonchev–Trinajstić information content (AvgIpc) is 3.23. The van der Waals surface area contributed by atoms with Crippen LogP contribution in [0.15, 0.2) is 34.8 Å². The van der Waals surface area contributed by atoms with E-state index in [9.17, 15) is 4.39 Å². The zero-order valence-corrected chi connectivity index (χ0v) is 14.2. The Hall–Kier alpha value is -1.95. The van der Waals surface area contributed by atoms with Gasteiger partial charge in [0.25, 0.3) is 0 Å². The molecule has 122 valence electrons. The standard InChI is InChI=1S/C17H21FN4S/c1-12-15(23-11-22-12)9-20-16(19-2)21-10-17(7-8-17)13-5-3-4-6-14(13)18/h3-6,11H,7-10H2,1-2H3,(H2,19,20,21). The molecule has 2 aromatic rings. The number of nitrogens with one attached hydrogen (secondary N) is 2. The monoisotopic (exact) mass is 332 g/mol. The van der Waals surface area contributed by atoms with Gasteiger partial charge in [-0.2, -0.15) is 0 Å². The van der Waals surface area contributed by atoms with Gasteiger partial charge in [-0.15, -0.1) is 11.3 Å². The lowest BCUT2D eigenvalue weighted by Crippen LogP contribution is -2.41. The highest BCUT2D eigenvalue weighted by atomic mass is 32.1. The van der Waals surface area contributed by atoms with Crippen molar-refractivity contribution in [3.05, 3.63) is 51.7 Å². The van der Waals surface area contributed by atoms with Crippen LogP contribution in [0.1, 0.15) is 29.0 Å². The molecule has 23 heavy (non-hydrogen) atoms. The van der Waals surface area contributed by atoms with Gasteiger partial charge in [-0.1, -0.05) is 18.2 Å². The second-order valence-corrected chi connectivity index (χ2v) is 6.84. The molecule has 0 aliphatic heterocycles. The molecular weight excluding hydrogens is 311 g/mol. The van der Waals surface area contributed by atoms with Crippen LogP contribution in [0.2, 0.25) is 0 Å². The molecule has 1 aromatic carbocycles. The third kappa shape index (κ3) is 3.52. The summed E-state index contributed by atoms with van der Waals surface area (Å²) in [6.07, 6.45) is 2.01. The minimum absolute atomic E-state index is 0.0939. The Bertz CT molecular complexity index is 706. The van der Waals surface area contributed by atoms with Gasteiger partial charge in [-0.25, -0.2) is 9.37 Å². The molecule has 0 radical (unpaired) electrons. The number of nitrogens with zero attached hydrogens (tertiary/aromatic N) is 2. The number of aromatic nitrogens is 1. The number of hydrogen-bond donors (Lipinski definition) is 2. The summed E-state index contributed by atoms with van der Waals surface area (Å²) in [6.45, 7) is 3.39. The summed E-state index contributed by atoms with van der Waals surface area (Å²) in [5, 5.41) is 6.63. The van der Waals surface area contributed by atoms with Crippen LogP contribution in [0.4, 0.5) is 4.39 Å². The summed E-state index contributed by atoms with van der Waals surface area (Å²) < 4.78 is 14.0. The van der Waals surface area contributed by atoms with E-state index >= 15 is 0 Å². The van der Waals surface area contributed by atoms with E-state index in [1.54, 1.807) is 24.5 Å². The largest absolute Gasteiger partial charge is 0.356 e. The quantitative estimate of drug-likeness (QED) is 0.654. The number of rotatable bonds is 5. The molecule has 0 amide bonds. The maximum atomic E-state index is 14.0. The van der Waals surface area contributed by atoms with Crippen LogP contribution in [-0.2, 0) is 12.0 Å². The first-order chi connectivity index (χ1) is 11.1. The highest BCUT2D eigenvalue weighted by molar-refractivity contribution is 7.09. The lowest BCUT2D eigenvalue weighted by Gasteiger charge is -2.19. The van der Waals surface area contributed by atoms with E-state index in [1.165, 1.54) is 10.9 Å². The molecule has 0 bridgehead atoms. The van der Waals surface area contributed by atoms with E-state index in [0.717, 1.165) is 30.1 Å². The molecule has 1 saturated carbocycles. The second-order valence-electron chi connectivity index (χ2n) is 5.90. The van der Waals surface area contributed by atoms with Crippen molar-refractivity contribution in [2.24, 2.45) is 4.99 Å². The summed E-state index contributed by atoms with van der Waals surface area (Å²) in [7, 11) is 1.75. The summed E-state index contributed by atoms with van der Waals surface area (Å²) in [6, 6.07) is 7.06. The van der Waals surface area contributed by atoms with Crippen LogP contribution in [0, 0.1) is 12.7 Å². The molecule has 4 nitrogen and oxygen atoms in total. The number of aliphatic imine (C=N–C) groups is 1. The fourth-order valence-electron chi connectivity index (χ4n) is 2.72. The third-order valence-corrected chi connectivity index (χ3v) is 5.31. The second kappa shape index (κ2) is 6.66. The van der Waals surface area contributed by atoms with Crippen molar-refractivity contribution in [3.63, 3.8) is 0 Å². The maximum absolute atomic E-state index is 14.0. The Morgan fingerprint density at radius 1 is 1.35 bits per heavy atom. The zero-order chi connectivity index (χ0) is 16.3. The molecule has 1 aliphatic rings. The summed E-state index contributed by atoms with van der Waals surface area (Å²) in [5.41, 5.74) is 3.60. The lowest BCUT2D eigenvalue weighted by molar-refractivity contribution is 0.559. The molecule has 0 spiro atoms. The van der Waals surface area contributed by atoms with E-state index in [2.05, 4.69) is 20.6 Å². The Labute approximate surface area is 139 Å². The molecule has 6 heteroatoms. The van der Waals surface area contributed by atoms with Gasteiger partial charge < -0.3 is 10.6 Å². The van der Waals surface area contributed by atoms with Gasteiger partial charge in [0.15, 0.2) is 5.96 Å². The Kier molecular flexibility index (Phi) is 4.61. The zero-order valence-electron chi connectivity index (χ0n) is 13.4. The normalized spacial score (nSPS) is 16.2. The van der Waals surface area contributed by atoms with E-state index in [4.69, 9.17) is 0 Å². The predicted molar refractivity (Wildman–Crippen MR) is 92.4 cm³/mol. The molecule has 1 fully saturated rings. The molecular formula is C17H21FN4S. The number of thiazole rings is 1. The number of benzene rings is 1. The van der Waals surface area contributed by atoms with Gasteiger partial charge in [-0.05, 0) is 31.4 Å². The summed E-state index contributed by atoms with van der Waals surface area (Å²) in [5.74, 6) is 0.621. The topological polar surface area (TPSA) is 49.3 Å². The highest BCUT2D eigenvalue weighted by Crippen LogP contribution is 2.48. The number of halogens is 1. The van der Waals surface area contributed by atoms with Gasteiger partial charge in [0.2, 0.25) is 0 Å². The summed E-state index contributed by atoms with van der Waals surface area (Å²) in [4.78, 5) is 9.69. The van der Waals surface area contributed by atoms with Crippen molar-refractivity contribution in [1.29, 1.82) is 0 Å². The van der Waals surface area contributed by atoms with Gasteiger partial charge in [0.05, 0.1) is 17.7 Å². The Balaban J connectivity index is 1.58. The fourth-order valence-corrected chi connectivity index (χ4v) is 3.43. The van der Waals surface area contributed by atoms with Crippen LogP contribution in [0.25, 0.3) is 0 Å². The first-order valence-corrected chi connectivity index (χ1v) is 8.61. The van der Waals surface area contributed by atoms with Crippen LogP contribution in [0.3, 0.4) is 0 Å². The molecule has 0 saturated heterocycles. The lowest BCUT2D eigenvalue weighted by atomic mass is 9.95. The van der Waals surface area contributed by atoms with Crippen molar-refractivity contribution in [2.75, 3.05) is 13.6 Å². The van der Waals surface area contributed by atoms with Gasteiger partial charge in [-0.3, -0.25) is 4.99 Å². The molecule has 0 atom stereocenters. The first-order valence-electron chi connectivity index (χ1n) is 7.73. The van der Waals surface area contributed by atoms with Crippen molar-refractivity contribution in [1.82, 2.24) is 15.6 Å². The maximum Gasteiger partial charge on any atom is 0.191 e. The van der Waals surface area contributed by atoms with Crippen LogP contribution >= 0.6 is 11.3 Å². The van der Waals surface area contributed by atoms with Crippen molar-refractivity contribution in [3.8, 4) is 0 Å². The van der Waals surface area contributed by atoms with Crippen molar-refractivity contribution >= 4 is 17.3 Å². The van der Waals surface area contributed by atoms with Crippen molar-refractivity contribution < 1.29 is 4.39 Å². The van der Waals surface area contributed by atoms with Crippen LogP contribution in [-0.4, -0.2) is 24.5 Å². The van der Waals surface area contributed by atoms with Crippen LogP contribution in [0.5, 0.6) is 0 Å². The van der Waals surface area contributed by atoms with Crippen molar-refractivity contribution in [2.45, 2.75) is 31.7 Å². The highest BCUT2D eigenvalue weighted by Gasteiger charge is 2.45. The molecule has 1 aromatic heterocycles. The van der Waals surface area contributed by atoms with Crippen LogP contribution < -0.4 is 10.6 Å². The SMILES string of the molecule is CN=C(NCc1scnc1C)NCC1(c2ccccc2F)CC1. The summed E-state index contributed by atoms with van der Waals surface area (Å²) >= 11 is 1.63. The van der Waals surface area contributed by atoms with E-state index in [0.29, 0.717) is 13.1 Å².